The Bertz CT molecular complexity index is 603. The van der Waals surface area contributed by atoms with E-state index >= 15 is 0 Å². The molecule has 0 fully saturated rings. The number of anilines is 1. The minimum absolute atomic E-state index is 0.128. The van der Waals surface area contributed by atoms with E-state index in [1.54, 1.807) is 0 Å². The van der Waals surface area contributed by atoms with E-state index in [0.29, 0.717) is 6.54 Å². The molecule has 0 aliphatic rings. The Morgan fingerprint density at radius 1 is 1.05 bits per heavy atom. The first-order chi connectivity index (χ1) is 9.66. The van der Waals surface area contributed by atoms with Gasteiger partial charge >= 0.3 is 0 Å². The van der Waals surface area contributed by atoms with E-state index in [9.17, 15) is 0 Å². The van der Waals surface area contributed by atoms with Crippen molar-refractivity contribution in [3.63, 3.8) is 0 Å². The van der Waals surface area contributed by atoms with Gasteiger partial charge in [0.1, 0.15) is 23.8 Å². The first kappa shape index (κ1) is 13.8. The topological polar surface area (TPSA) is 64.9 Å². The Balaban J connectivity index is 2.34. The number of hydrogen-bond acceptors (Lipinski definition) is 1. The second kappa shape index (κ2) is 6.52. The van der Waals surface area contributed by atoms with Gasteiger partial charge in [-0.05, 0) is 24.3 Å². The van der Waals surface area contributed by atoms with E-state index in [2.05, 4.69) is 5.32 Å². The average Bonchev–Trinajstić information content (AvgIpc) is 2.46. The highest BCUT2D eigenvalue weighted by molar-refractivity contribution is 5.91. The summed E-state index contributed by atoms with van der Waals surface area (Å²) in [5.74, 6) is 1.06. The van der Waals surface area contributed by atoms with Gasteiger partial charge in [0.15, 0.2) is 0 Å². The molecule has 2 aromatic rings. The smallest absolute Gasteiger partial charge is 0.252 e. The van der Waals surface area contributed by atoms with Gasteiger partial charge in [-0.25, -0.2) is 9.89 Å². The van der Waals surface area contributed by atoms with Crippen molar-refractivity contribution in [1.29, 1.82) is 5.41 Å². The molecule has 4 heteroatoms. The molecule has 0 spiro atoms. The summed E-state index contributed by atoms with van der Waals surface area (Å²) in [7, 11) is 0. The summed E-state index contributed by atoms with van der Waals surface area (Å²) >= 11 is 0. The highest BCUT2D eigenvalue weighted by Crippen LogP contribution is 2.12. The van der Waals surface area contributed by atoms with Crippen LogP contribution in [0.3, 0.4) is 0 Å². The van der Waals surface area contributed by atoms with Gasteiger partial charge in [-0.2, -0.15) is 0 Å². The standard InChI is InChI=1S/C16H18N4/c1-13(19-14-8-4-2-5-9-14)20(12-16(17)18)15-10-6-3-7-11-15/h2-11H,12H2,1H3,(H3,17,18)/p+1. The predicted molar refractivity (Wildman–Crippen MR) is 83.9 cm³/mol. The number of nitrogens with zero attached hydrogens (tertiary/aromatic N) is 1. The Labute approximate surface area is 119 Å². The van der Waals surface area contributed by atoms with Gasteiger partial charge in [0.05, 0.1) is 0 Å². The molecule has 0 aliphatic carbocycles. The number of rotatable bonds is 4. The van der Waals surface area contributed by atoms with Crippen molar-refractivity contribution in [2.45, 2.75) is 6.92 Å². The van der Waals surface area contributed by atoms with E-state index in [1.165, 1.54) is 0 Å². The summed E-state index contributed by atoms with van der Waals surface area (Å²) in [6, 6.07) is 19.8. The zero-order chi connectivity index (χ0) is 14.4. The molecule has 4 N–H and O–H groups in total. The highest BCUT2D eigenvalue weighted by Gasteiger charge is 2.12. The van der Waals surface area contributed by atoms with Gasteiger partial charge in [0, 0.05) is 6.92 Å². The van der Waals surface area contributed by atoms with Crippen LogP contribution < -0.4 is 11.1 Å². The molecular weight excluding hydrogens is 248 g/mol. The maximum atomic E-state index is 7.54. The Morgan fingerprint density at radius 3 is 2.15 bits per heavy atom. The van der Waals surface area contributed by atoms with Crippen molar-refractivity contribution in [3.8, 4) is 0 Å². The first-order valence-corrected chi connectivity index (χ1v) is 6.48. The van der Waals surface area contributed by atoms with Crippen LogP contribution in [0.5, 0.6) is 0 Å². The minimum atomic E-state index is 0.128. The number of hydrogen-bond donors (Lipinski definition) is 3. The molecule has 0 radical (unpaired) electrons. The summed E-state index contributed by atoms with van der Waals surface area (Å²) in [4.78, 5) is 0. The molecular formula is C16H19N4+. The summed E-state index contributed by atoms with van der Waals surface area (Å²) in [5.41, 5.74) is 7.57. The Kier molecular flexibility index (Phi) is 4.50. The van der Waals surface area contributed by atoms with Crippen LogP contribution in [-0.2, 0) is 0 Å². The minimum Gasteiger partial charge on any atom is -0.384 e. The molecule has 0 saturated heterocycles. The fraction of sp³-hybridized carbons (Fsp3) is 0.125. The summed E-state index contributed by atoms with van der Waals surface area (Å²) in [6.45, 7) is 2.33. The van der Waals surface area contributed by atoms with Crippen LogP contribution in [-0.4, -0.2) is 22.8 Å². The third-order valence-corrected chi connectivity index (χ3v) is 2.90. The average molecular weight is 267 g/mol. The summed E-state index contributed by atoms with van der Waals surface area (Å²) < 4.78 is 1.98. The van der Waals surface area contributed by atoms with Crippen LogP contribution in [0, 0.1) is 5.41 Å². The lowest BCUT2D eigenvalue weighted by Crippen LogP contribution is -2.30. The van der Waals surface area contributed by atoms with Gasteiger partial charge in [0.25, 0.3) is 5.84 Å². The van der Waals surface area contributed by atoms with E-state index in [0.717, 1.165) is 17.2 Å². The molecule has 0 aliphatic heterocycles. The molecule has 0 aromatic heterocycles. The quantitative estimate of drug-likeness (QED) is 0.453. The van der Waals surface area contributed by atoms with Crippen molar-refractivity contribution < 1.29 is 4.58 Å². The van der Waals surface area contributed by atoms with Crippen molar-refractivity contribution in [1.82, 2.24) is 0 Å². The van der Waals surface area contributed by atoms with Gasteiger partial charge < -0.3 is 5.73 Å². The zero-order valence-corrected chi connectivity index (χ0v) is 11.5. The first-order valence-electron chi connectivity index (χ1n) is 6.48. The third kappa shape index (κ3) is 3.68. The van der Waals surface area contributed by atoms with Crippen LogP contribution in [0.4, 0.5) is 11.4 Å². The molecule has 0 heterocycles. The lowest BCUT2D eigenvalue weighted by Gasteiger charge is -2.10. The number of benzene rings is 2. The van der Waals surface area contributed by atoms with Crippen molar-refractivity contribution in [2.75, 3.05) is 11.9 Å². The normalized spacial score (nSPS) is 11.7. The van der Waals surface area contributed by atoms with E-state index in [4.69, 9.17) is 11.1 Å². The van der Waals surface area contributed by atoms with Gasteiger partial charge in [-0.15, -0.1) is 0 Å². The molecule has 102 valence electrons. The van der Waals surface area contributed by atoms with E-state index < -0.39 is 0 Å². The van der Waals surface area contributed by atoms with Crippen LogP contribution >= 0.6 is 0 Å². The predicted octanol–water partition coefficient (Wildman–Crippen LogP) is 2.80. The molecule has 2 rings (SSSR count). The number of nitrogens with one attached hydrogen (secondary N) is 2. The second-order valence-electron chi connectivity index (χ2n) is 4.52. The monoisotopic (exact) mass is 267 g/mol. The van der Waals surface area contributed by atoms with Crippen LogP contribution in [0.2, 0.25) is 0 Å². The van der Waals surface area contributed by atoms with Gasteiger partial charge in [-0.1, -0.05) is 36.4 Å². The summed E-state index contributed by atoms with van der Waals surface area (Å²) in [5, 5.41) is 10.9. The molecule has 0 bridgehead atoms. The Hall–Kier alpha value is -2.62. The highest BCUT2D eigenvalue weighted by atomic mass is 15.1. The van der Waals surface area contributed by atoms with Crippen molar-refractivity contribution >= 4 is 23.0 Å². The second-order valence-corrected chi connectivity index (χ2v) is 4.52. The van der Waals surface area contributed by atoms with E-state index in [-0.39, 0.29) is 5.84 Å². The summed E-state index contributed by atoms with van der Waals surface area (Å²) in [6.07, 6.45) is 0. The van der Waals surface area contributed by atoms with Crippen LogP contribution in [0.1, 0.15) is 6.92 Å². The fourth-order valence-corrected chi connectivity index (χ4v) is 1.98. The van der Waals surface area contributed by atoms with Crippen molar-refractivity contribution in [2.24, 2.45) is 5.73 Å². The Morgan fingerprint density at radius 2 is 1.60 bits per heavy atom. The molecule has 0 atom stereocenters. The third-order valence-electron chi connectivity index (χ3n) is 2.90. The molecule has 2 aromatic carbocycles. The molecule has 0 saturated carbocycles. The fourth-order valence-electron chi connectivity index (χ4n) is 1.98. The lowest BCUT2D eigenvalue weighted by molar-refractivity contribution is -0.423. The van der Waals surface area contributed by atoms with Gasteiger partial charge in [0.2, 0.25) is 0 Å². The van der Waals surface area contributed by atoms with Gasteiger partial charge in [-0.3, -0.25) is 5.41 Å². The number of nitrogens with two attached hydrogens (primary N) is 1. The number of amidine groups is 2. The molecule has 0 unspecified atom stereocenters. The van der Waals surface area contributed by atoms with Crippen LogP contribution in [0.25, 0.3) is 0 Å². The largest absolute Gasteiger partial charge is 0.384 e. The van der Waals surface area contributed by atoms with Crippen LogP contribution in [0.15, 0.2) is 60.7 Å². The zero-order valence-electron chi connectivity index (χ0n) is 11.5. The van der Waals surface area contributed by atoms with E-state index in [1.807, 2.05) is 72.2 Å². The molecule has 0 amide bonds. The van der Waals surface area contributed by atoms with Crippen molar-refractivity contribution in [3.05, 3.63) is 60.7 Å². The SMILES string of the molecule is CC(Nc1ccccc1)=[N+](CC(=N)N)c1ccccc1. The molecule has 4 nitrogen and oxygen atoms in total. The number of para-hydroxylation sites is 2. The lowest BCUT2D eigenvalue weighted by atomic mass is 10.3. The maximum Gasteiger partial charge on any atom is 0.252 e. The molecule has 20 heavy (non-hydrogen) atoms. The maximum absolute atomic E-state index is 7.54.